The first-order valence-electron chi connectivity index (χ1n) is 7.03. The van der Waals surface area contributed by atoms with E-state index >= 15 is 0 Å². The number of benzene rings is 2. The second-order valence-corrected chi connectivity index (χ2v) is 4.98. The van der Waals surface area contributed by atoms with Gasteiger partial charge in [-0.05, 0) is 35.9 Å². The molecule has 0 aliphatic rings. The summed E-state index contributed by atoms with van der Waals surface area (Å²) in [5.74, 6) is -0.762. The fourth-order valence-electron chi connectivity index (χ4n) is 2.01. The summed E-state index contributed by atoms with van der Waals surface area (Å²) >= 11 is 0. The van der Waals surface area contributed by atoms with E-state index in [1.807, 2.05) is 0 Å². The molecule has 2 rings (SSSR count). The fraction of sp³-hybridized carbons (Fsp3) is 0.111. The van der Waals surface area contributed by atoms with Crippen molar-refractivity contribution in [3.63, 3.8) is 0 Å². The van der Waals surface area contributed by atoms with Crippen molar-refractivity contribution >= 4 is 17.8 Å². The van der Waals surface area contributed by atoms with Crippen LogP contribution in [0.15, 0.2) is 54.6 Å². The van der Waals surface area contributed by atoms with Gasteiger partial charge in [0.1, 0.15) is 0 Å². The molecule has 0 spiro atoms. The average molecular weight is 333 g/mol. The van der Waals surface area contributed by atoms with E-state index in [-0.39, 0.29) is 11.5 Å². The SMILES string of the molecule is CNC(=O)c1ccc(/C=C/C(=O)c2cccc(C(F)(F)F)c2)cc1. The van der Waals surface area contributed by atoms with Gasteiger partial charge in [0.05, 0.1) is 5.56 Å². The summed E-state index contributed by atoms with van der Waals surface area (Å²) in [5.41, 5.74) is 0.224. The normalized spacial score (nSPS) is 11.5. The highest BCUT2D eigenvalue weighted by Gasteiger charge is 2.30. The van der Waals surface area contributed by atoms with Crippen LogP contribution in [-0.4, -0.2) is 18.7 Å². The van der Waals surface area contributed by atoms with E-state index in [1.165, 1.54) is 31.3 Å². The Morgan fingerprint density at radius 2 is 1.67 bits per heavy atom. The molecule has 0 saturated heterocycles. The van der Waals surface area contributed by atoms with Gasteiger partial charge in [0.2, 0.25) is 0 Å². The third kappa shape index (κ3) is 4.32. The Labute approximate surface area is 136 Å². The molecular weight excluding hydrogens is 319 g/mol. The maximum absolute atomic E-state index is 12.7. The van der Waals surface area contributed by atoms with Crippen LogP contribution in [0.5, 0.6) is 0 Å². The predicted octanol–water partition coefficient (Wildman–Crippen LogP) is 3.96. The van der Waals surface area contributed by atoms with E-state index in [0.29, 0.717) is 11.1 Å². The van der Waals surface area contributed by atoms with Crippen molar-refractivity contribution in [1.29, 1.82) is 0 Å². The van der Waals surface area contributed by atoms with Gasteiger partial charge < -0.3 is 5.32 Å². The van der Waals surface area contributed by atoms with Gasteiger partial charge in [-0.3, -0.25) is 9.59 Å². The number of allylic oxidation sites excluding steroid dienone is 1. The third-order valence-electron chi connectivity index (χ3n) is 3.30. The van der Waals surface area contributed by atoms with Crippen molar-refractivity contribution in [2.45, 2.75) is 6.18 Å². The quantitative estimate of drug-likeness (QED) is 0.680. The first-order valence-corrected chi connectivity index (χ1v) is 7.03. The molecule has 2 aromatic carbocycles. The molecule has 24 heavy (non-hydrogen) atoms. The minimum atomic E-state index is -4.49. The van der Waals surface area contributed by atoms with Crippen molar-refractivity contribution in [1.82, 2.24) is 5.32 Å². The molecule has 0 bridgehead atoms. The third-order valence-corrected chi connectivity index (χ3v) is 3.30. The number of hydrogen-bond acceptors (Lipinski definition) is 2. The molecule has 0 aliphatic carbocycles. The smallest absolute Gasteiger partial charge is 0.355 e. The highest BCUT2D eigenvalue weighted by Crippen LogP contribution is 2.29. The lowest BCUT2D eigenvalue weighted by Gasteiger charge is -2.07. The van der Waals surface area contributed by atoms with Gasteiger partial charge >= 0.3 is 6.18 Å². The second kappa shape index (κ2) is 7.12. The number of alkyl halides is 3. The van der Waals surface area contributed by atoms with Crippen LogP contribution >= 0.6 is 0 Å². The van der Waals surface area contributed by atoms with Gasteiger partial charge in [-0.1, -0.05) is 30.3 Å². The van der Waals surface area contributed by atoms with E-state index in [2.05, 4.69) is 5.32 Å². The Bertz CT molecular complexity index is 778. The molecule has 3 nitrogen and oxygen atoms in total. The van der Waals surface area contributed by atoms with Crippen LogP contribution in [0.4, 0.5) is 13.2 Å². The standard InChI is InChI=1S/C18H14F3NO2/c1-22-17(24)13-8-5-12(6-9-13)7-10-16(23)14-3-2-4-15(11-14)18(19,20)21/h2-11H,1H3,(H,22,24)/b10-7+. The zero-order valence-corrected chi connectivity index (χ0v) is 12.7. The fourth-order valence-corrected chi connectivity index (χ4v) is 2.01. The molecule has 0 radical (unpaired) electrons. The van der Waals surface area contributed by atoms with E-state index in [4.69, 9.17) is 0 Å². The summed E-state index contributed by atoms with van der Waals surface area (Å²) in [6.07, 6.45) is -1.81. The van der Waals surface area contributed by atoms with Crippen molar-refractivity contribution in [3.8, 4) is 0 Å². The molecule has 6 heteroatoms. The Hall–Kier alpha value is -2.89. The summed E-state index contributed by atoms with van der Waals surface area (Å²) < 4.78 is 38.0. The molecule has 1 N–H and O–H groups in total. The molecule has 0 aromatic heterocycles. The number of rotatable bonds is 4. The first-order chi connectivity index (χ1) is 11.3. The second-order valence-electron chi connectivity index (χ2n) is 4.98. The molecule has 0 aliphatic heterocycles. The highest BCUT2D eigenvalue weighted by atomic mass is 19.4. The molecule has 0 atom stereocenters. The van der Waals surface area contributed by atoms with Crippen LogP contribution in [0.2, 0.25) is 0 Å². The summed E-state index contributed by atoms with van der Waals surface area (Å²) in [4.78, 5) is 23.4. The van der Waals surface area contributed by atoms with Crippen LogP contribution in [-0.2, 0) is 6.18 Å². The maximum Gasteiger partial charge on any atom is 0.416 e. The molecule has 0 fully saturated rings. The monoisotopic (exact) mass is 333 g/mol. The van der Waals surface area contributed by atoms with Crippen LogP contribution in [0.25, 0.3) is 6.08 Å². The van der Waals surface area contributed by atoms with E-state index in [1.54, 1.807) is 24.3 Å². The molecule has 124 valence electrons. The molecule has 0 unspecified atom stereocenters. The average Bonchev–Trinajstić information content (AvgIpc) is 2.58. The summed E-state index contributed by atoms with van der Waals surface area (Å²) in [6, 6.07) is 10.7. The highest BCUT2D eigenvalue weighted by molar-refractivity contribution is 6.07. The van der Waals surface area contributed by atoms with Crippen LogP contribution in [0.3, 0.4) is 0 Å². The largest absolute Gasteiger partial charge is 0.416 e. The summed E-state index contributed by atoms with van der Waals surface area (Å²) in [5, 5.41) is 2.49. The number of carbonyl (C=O) groups is 2. The zero-order valence-electron chi connectivity index (χ0n) is 12.7. The minimum absolute atomic E-state index is 0.0388. The van der Waals surface area contributed by atoms with Crippen molar-refractivity contribution in [2.75, 3.05) is 7.05 Å². The van der Waals surface area contributed by atoms with Gasteiger partial charge in [-0.25, -0.2) is 0 Å². The molecule has 2 aromatic rings. The Morgan fingerprint density at radius 1 is 1.00 bits per heavy atom. The van der Waals surface area contributed by atoms with Gasteiger partial charge in [0.15, 0.2) is 5.78 Å². The maximum atomic E-state index is 12.7. The number of nitrogens with one attached hydrogen (secondary N) is 1. The number of amides is 1. The lowest BCUT2D eigenvalue weighted by Crippen LogP contribution is -2.17. The molecular formula is C18H14F3NO2. The van der Waals surface area contributed by atoms with Crippen molar-refractivity contribution in [3.05, 3.63) is 76.9 Å². The molecule has 0 heterocycles. The first kappa shape index (κ1) is 17.5. The molecule has 0 saturated carbocycles. The van der Waals surface area contributed by atoms with E-state index < -0.39 is 17.5 Å². The van der Waals surface area contributed by atoms with E-state index in [9.17, 15) is 22.8 Å². The number of ketones is 1. The Kier molecular flexibility index (Phi) is 5.18. The van der Waals surface area contributed by atoms with Crippen molar-refractivity contribution < 1.29 is 22.8 Å². The zero-order chi connectivity index (χ0) is 17.7. The van der Waals surface area contributed by atoms with Gasteiger partial charge in [-0.15, -0.1) is 0 Å². The number of hydrogen-bond donors (Lipinski definition) is 1. The van der Waals surface area contributed by atoms with Crippen LogP contribution in [0, 0.1) is 0 Å². The topological polar surface area (TPSA) is 46.2 Å². The Balaban J connectivity index is 2.14. The summed E-state index contributed by atoms with van der Waals surface area (Å²) in [7, 11) is 1.52. The lowest BCUT2D eigenvalue weighted by molar-refractivity contribution is -0.137. The summed E-state index contributed by atoms with van der Waals surface area (Å²) in [6.45, 7) is 0. The van der Waals surface area contributed by atoms with Gasteiger partial charge in [0, 0.05) is 18.2 Å². The minimum Gasteiger partial charge on any atom is -0.355 e. The lowest BCUT2D eigenvalue weighted by atomic mass is 10.1. The Morgan fingerprint density at radius 3 is 2.25 bits per heavy atom. The van der Waals surface area contributed by atoms with E-state index in [0.717, 1.165) is 12.1 Å². The van der Waals surface area contributed by atoms with Gasteiger partial charge in [-0.2, -0.15) is 13.2 Å². The van der Waals surface area contributed by atoms with Crippen LogP contribution in [0.1, 0.15) is 31.8 Å². The van der Waals surface area contributed by atoms with Crippen LogP contribution < -0.4 is 5.32 Å². The van der Waals surface area contributed by atoms with Gasteiger partial charge in [0.25, 0.3) is 5.91 Å². The number of carbonyl (C=O) groups excluding carboxylic acids is 2. The number of halogens is 3. The van der Waals surface area contributed by atoms with Crippen molar-refractivity contribution in [2.24, 2.45) is 0 Å². The predicted molar refractivity (Wildman–Crippen MR) is 84.6 cm³/mol. The molecule has 1 amide bonds.